The maximum absolute atomic E-state index is 5.40. The maximum atomic E-state index is 5.40. The molecule has 0 bridgehead atoms. The van der Waals surface area contributed by atoms with Crippen molar-refractivity contribution in [3.63, 3.8) is 0 Å². The van der Waals surface area contributed by atoms with E-state index in [0.717, 1.165) is 18.6 Å². The lowest BCUT2D eigenvalue weighted by atomic mass is 9.94. The average molecular weight is 285 g/mol. The SMILES string of the molecule is Cc1cc(C)c(C(C)NC(C)CCc2ccco2)c(C)c1. The molecule has 0 aliphatic heterocycles. The van der Waals surface area contributed by atoms with Crippen molar-refractivity contribution in [2.45, 2.75) is 59.5 Å². The third-order valence-electron chi connectivity index (χ3n) is 4.11. The summed E-state index contributed by atoms with van der Waals surface area (Å²) in [5, 5.41) is 3.72. The van der Waals surface area contributed by atoms with Crippen molar-refractivity contribution in [1.82, 2.24) is 5.32 Å². The molecule has 1 aromatic heterocycles. The summed E-state index contributed by atoms with van der Waals surface area (Å²) >= 11 is 0. The molecule has 2 rings (SSSR count). The molecule has 2 atom stereocenters. The van der Waals surface area contributed by atoms with Crippen LogP contribution in [-0.4, -0.2) is 6.04 Å². The molecule has 21 heavy (non-hydrogen) atoms. The molecule has 0 radical (unpaired) electrons. The minimum absolute atomic E-state index is 0.372. The standard InChI is InChI=1S/C19H27NO/c1-13-11-14(2)19(15(3)12-13)17(5)20-16(4)8-9-18-7-6-10-21-18/h6-7,10-12,16-17,20H,8-9H2,1-5H3. The fraction of sp³-hybridized carbons (Fsp3) is 0.474. The first kappa shape index (κ1) is 15.8. The summed E-state index contributed by atoms with van der Waals surface area (Å²) in [6, 6.07) is 9.38. The van der Waals surface area contributed by atoms with Crippen molar-refractivity contribution < 1.29 is 4.42 Å². The van der Waals surface area contributed by atoms with Gasteiger partial charge in [0.05, 0.1) is 6.26 Å². The Labute approximate surface area is 128 Å². The predicted octanol–water partition coefficient (Wildman–Crippen LogP) is 4.88. The molecule has 0 aliphatic carbocycles. The van der Waals surface area contributed by atoms with Gasteiger partial charge in [-0.25, -0.2) is 0 Å². The monoisotopic (exact) mass is 285 g/mol. The highest BCUT2D eigenvalue weighted by molar-refractivity contribution is 5.39. The van der Waals surface area contributed by atoms with Crippen LogP contribution in [0.25, 0.3) is 0 Å². The smallest absolute Gasteiger partial charge is 0.103 e. The Balaban J connectivity index is 1.96. The van der Waals surface area contributed by atoms with E-state index < -0.39 is 0 Å². The van der Waals surface area contributed by atoms with Gasteiger partial charge in [0, 0.05) is 18.5 Å². The summed E-state index contributed by atoms with van der Waals surface area (Å²) < 4.78 is 5.40. The van der Waals surface area contributed by atoms with E-state index in [2.05, 4.69) is 52.1 Å². The first-order valence-corrected chi connectivity index (χ1v) is 7.83. The zero-order valence-corrected chi connectivity index (χ0v) is 13.9. The Morgan fingerprint density at radius 1 is 1.10 bits per heavy atom. The minimum atomic E-state index is 0.372. The fourth-order valence-electron chi connectivity index (χ4n) is 3.28. The second-order valence-corrected chi connectivity index (χ2v) is 6.22. The van der Waals surface area contributed by atoms with E-state index >= 15 is 0 Å². The summed E-state index contributed by atoms with van der Waals surface area (Å²) in [7, 11) is 0. The lowest BCUT2D eigenvalue weighted by molar-refractivity contribution is 0.429. The maximum Gasteiger partial charge on any atom is 0.103 e. The topological polar surface area (TPSA) is 25.2 Å². The van der Waals surface area contributed by atoms with Crippen LogP contribution < -0.4 is 5.32 Å². The third-order valence-corrected chi connectivity index (χ3v) is 4.11. The Hall–Kier alpha value is -1.54. The van der Waals surface area contributed by atoms with E-state index in [9.17, 15) is 0 Å². The fourth-order valence-corrected chi connectivity index (χ4v) is 3.28. The second-order valence-electron chi connectivity index (χ2n) is 6.22. The van der Waals surface area contributed by atoms with Gasteiger partial charge in [0.15, 0.2) is 0 Å². The van der Waals surface area contributed by atoms with Crippen LogP contribution in [0.5, 0.6) is 0 Å². The molecule has 2 unspecified atom stereocenters. The molecule has 0 spiro atoms. The van der Waals surface area contributed by atoms with Crippen LogP contribution in [0.1, 0.15) is 54.3 Å². The number of nitrogens with one attached hydrogen (secondary N) is 1. The molecular weight excluding hydrogens is 258 g/mol. The molecule has 2 heteroatoms. The highest BCUT2D eigenvalue weighted by atomic mass is 16.3. The lowest BCUT2D eigenvalue weighted by Gasteiger charge is -2.23. The van der Waals surface area contributed by atoms with Gasteiger partial charge in [-0.05, 0) is 69.9 Å². The number of hydrogen-bond donors (Lipinski definition) is 1. The van der Waals surface area contributed by atoms with E-state index in [0.29, 0.717) is 12.1 Å². The van der Waals surface area contributed by atoms with Gasteiger partial charge in [-0.1, -0.05) is 17.7 Å². The molecule has 0 saturated carbocycles. The van der Waals surface area contributed by atoms with Crippen LogP contribution in [0.3, 0.4) is 0 Å². The van der Waals surface area contributed by atoms with Gasteiger partial charge >= 0.3 is 0 Å². The molecule has 0 saturated heterocycles. The summed E-state index contributed by atoms with van der Waals surface area (Å²) in [5.41, 5.74) is 5.54. The quantitative estimate of drug-likeness (QED) is 0.818. The van der Waals surface area contributed by atoms with Crippen LogP contribution in [-0.2, 0) is 6.42 Å². The van der Waals surface area contributed by atoms with Gasteiger partial charge in [0.1, 0.15) is 5.76 Å². The largest absolute Gasteiger partial charge is 0.469 e. The molecule has 0 fully saturated rings. The van der Waals surface area contributed by atoms with Crippen molar-refractivity contribution in [1.29, 1.82) is 0 Å². The summed E-state index contributed by atoms with van der Waals surface area (Å²) in [4.78, 5) is 0. The van der Waals surface area contributed by atoms with E-state index in [1.165, 1.54) is 22.3 Å². The van der Waals surface area contributed by atoms with Gasteiger partial charge < -0.3 is 9.73 Å². The minimum Gasteiger partial charge on any atom is -0.469 e. The molecule has 2 aromatic rings. The normalized spacial score (nSPS) is 14.1. The van der Waals surface area contributed by atoms with E-state index in [-0.39, 0.29) is 0 Å². The van der Waals surface area contributed by atoms with Gasteiger partial charge in [-0.15, -0.1) is 0 Å². The predicted molar refractivity (Wildman–Crippen MR) is 88.7 cm³/mol. The molecule has 1 heterocycles. The zero-order chi connectivity index (χ0) is 15.4. The Kier molecular flexibility index (Phi) is 5.24. The number of rotatable bonds is 6. The molecule has 0 aliphatic rings. The molecular formula is C19H27NO. The van der Waals surface area contributed by atoms with Crippen molar-refractivity contribution in [2.24, 2.45) is 0 Å². The number of aryl methyl sites for hydroxylation is 4. The van der Waals surface area contributed by atoms with Crippen molar-refractivity contribution in [2.75, 3.05) is 0 Å². The molecule has 114 valence electrons. The lowest BCUT2D eigenvalue weighted by Crippen LogP contribution is -2.30. The van der Waals surface area contributed by atoms with Crippen molar-refractivity contribution in [3.05, 3.63) is 58.5 Å². The molecule has 0 amide bonds. The zero-order valence-electron chi connectivity index (χ0n) is 13.9. The molecule has 2 nitrogen and oxygen atoms in total. The van der Waals surface area contributed by atoms with Gasteiger partial charge in [-0.3, -0.25) is 0 Å². The Bertz CT molecular complexity index is 548. The summed E-state index contributed by atoms with van der Waals surface area (Å²) in [6.45, 7) is 11.1. The van der Waals surface area contributed by atoms with Gasteiger partial charge in [0.25, 0.3) is 0 Å². The van der Waals surface area contributed by atoms with E-state index in [4.69, 9.17) is 4.42 Å². The van der Waals surface area contributed by atoms with E-state index in [1.807, 2.05) is 12.1 Å². The Morgan fingerprint density at radius 3 is 2.33 bits per heavy atom. The van der Waals surface area contributed by atoms with Crippen LogP contribution in [0.2, 0.25) is 0 Å². The van der Waals surface area contributed by atoms with Gasteiger partial charge in [0.2, 0.25) is 0 Å². The first-order valence-electron chi connectivity index (χ1n) is 7.83. The number of hydrogen-bond acceptors (Lipinski definition) is 2. The van der Waals surface area contributed by atoms with Crippen LogP contribution in [0.15, 0.2) is 34.9 Å². The third kappa shape index (κ3) is 4.21. The van der Waals surface area contributed by atoms with Crippen molar-refractivity contribution >= 4 is 0 Å². The first-order chi connectivity index (χ1) is 9.97. The highest BCUT2D eigenvalue weighted by Gasteiger charge is 2.14. The average Bonchev–Trinajstić information content (AvgIpc) is 2.88. The molecule has 1 aromatic carbocycles. The second kappa shape index (κ2) is 6.95. The van der Waals surface area contributed by atoms with Crippen LogP contribution >= 0.6 is 0 Å². The van der Waals surface area contributed by atoms with Crippen LogP contribution in [0.4, 0.5) is 0 Å². The highest BCUT2D eigenvalue weighted by Crippen LogP contribution is 2.24. The summed E-state index contributed by atoms with van der Waals surface area (Å²) in [6.07, 6.45) is 3.82. The van der Waals surface area contributed by atoms with Gasteiger partial charge in [-0.2, -0.15) is 0 Å². The number of furan rings is 1. The van der Waals surface area contributed by atoms with E-state index in [1.54, 1.807) is 6.26 Å². The van der Waals surface area contributed by atoms with Crippen LogP contribution in [0, 0.1) is 20.8 Å². The summed E-state index contributed by atoms with van der Waals surface area (Å²) in [5.74, 6) is 1.07. The molecule has 1 N–H and O–H groups in total. The Morgan fingerprint density at radius 2 is 1.76 bits per heavy atom. The van der Waals surface area contributed by atoms with Crippen molar-refractivity contribution in [3.8, 4) is 0 Å². The number of benzene rings is 1.